The summed E-state index contributed by atoms with van der Waals surface area (Å²) in [6.45, 7) is 0. The predicted molar refractivity (Wildman–Crippen MR) is 99.9 cm³/mol. The Labute approximate surface area is 171 Å². The molecule has 2 aromatic carbocycles. The maximum atomic E-state index is 12.8. The Kier molecular flexibility index (Phi) is 5.81. The van der Waals surface area contributed by atoms with Crippen LogP contribution in [0.3, 0.4) is 0 Å². The van der Waals surface area contributed by atoms with Crippen molar-refractivity contribution >= 4 is 41.0 Å². The molecule has 0 aliphatic rings. The van der Waals surface area contributed by atoms with Crippen LogP contribution < -0.4 is 10.6 Å². The molecule has 0 saturated heterocycles. The van der Waals surface area contributed by atoms with Crippen LogP contribution in [0.25, 0.3) is 11.3 Å². The number of hydrogen-bond donors (Lipinski definition) is 2. The van der Waals surface area contributed by atoms with E-state index < -0.39 is 23.7 Å². The molecule has 1 heterocycles. The van der Waals surface area contributed by atoms with Crippen molar-refractivity contribution in [3.05, 3.63) is 69.7 Å². The molecule has 150 valence electrons. The van der Waals surface area contributed by atoms with Crippen LogP contribution in [-0.2, 0) is 6.18 Å². The van der Waals surface area contributed by atoms with Gasteiger partial charge in [0.1, 0.15) is 5.69 Å². The van der Waals surface area contributed by atoms with Gasteiger partial charge in [-0.1, -0.05) is 46.6 Å². The van der Waals surface area contributed by atoms with E-state index in [9.17, 15) is 22.8 Å². The van der Waals surface area contributed by atoms with E-state index >= 15 is 0 Å². The minimum atomic E-state index is -4.51. The summed E-state index contributed by atoms with van der Waals surface area (Å²) in [5.41, 5.74) is -0.747. The summed E-state index contributed by atoms with van der Waals surface area (Å²) in [6, 6.07) is 9.06. The highest BCUT2D eigenvalue weighted by Crippen LogP contribution is 2.32. The molecule has 3 amide bonds. The lowest BCUT2D eigenvalue weighted by Crippen LogP contribution is -2.34. The van der Waals surface area contributed by atoms with Crippen LogP contribution in [-0.4, -0.2) is 17.1 Å². The first-order valence-electron chi connectivity index (χ1n) is 7.86. The highest BCUT2D eigenvalue weighted by Gasteiger charge is 2.30. The third-order valence-corrected chi connectivity index (χ3v) is 4.28. The molecule has 1 aromatic heterocycles. The zero-order valence-corrected chi connectivity index (χ0v) is 15.7. The molecular weight excluding hydrogens is 434 g/mol. The molecule has 0 aliphatic carbocycles. The van der Waals surface area contributed by atoms with Crippen LogP contribution in [0.15, 0.2) is 53.1 Å². The zero-order valence-electron chi connectivity index (χ0n) is 14.2. The van der Waals surface area contributed by atoms with Gasteiger partial charge in [-0.05, 0) is 24.3 Å². The first-order chi connectivity index (χ1) is 13.6. The first kappa shape index (κ1) is 20.7. The molecular formula is C18H10Cl2F3N3O3. The summed E-state index contributed by atoms with van der Waals surface area (Å²) in [5.74, 6) is -1.04. The number of imide groups is 1. The van der Waals surface area contributed by atoms with Gasteiger partial charge in [-0.2, -0.15) is 13.2 Å². The van der Waals surface area contributed by atoms with E-state index in [-0.39, 0.29) is 32.8 Å². The molecule has 0 radical (unpaired) electrons. The van der Waals surface area contributed by atoms with Gasteiger partial charge in [0.05, 0.1) is 21.2 Å². The molecule has 0 aliphatic heterocycles. The van der Waals surface area contributed by atoms with Crippen LogP contribution in [0.1, 0.15) is 15.9 Å². The second kappa shape index (κ2) is 8.14. The Morgan fingerprint density at radius 2 is 1.66 bits per heavy atom. The van der Waals surface area contributed by atoms with Gasteiger partial charge in [-0.15, -0.1) is 0 Å². The van der Waals surface area contributed by atoms with Crippen molar-refractivity contribution in [2.45, 2.75) is 6.18 Å². The zero-order chi connectivity index (χ0) is 21.2. The number of nitrogens with one attached hydrogen (secondary N) is 2. The topological polar surface area (TPSA) is 84.2 Å². The highest BCUT2D eigenvalue weighted by atomic mass is 35.5. The van der Waals surface area contributed by atoms with Gasteiger partial charge < -0.3 is 4.52 Å². The molecule has 0 saturated carbocycles. The number of alkyl halides is 3. The van der Waals surface area contributed by atoms with Crippen LogP contribution in [0, 0.1) is 0 Å². The number of carbonyl (C=O) groups is 2. The van der Waals surface area contributed by atoms with Crippen LogP contribution in [0.5, 0.6) is 0 Å². The second-order valence-corrected chi connectivity index (χ2v) is 6.47. The summed E-state index contributed by atoms with van der Waals surface area (Å²) in [5, 5.41) is 7.93. The van der Waals surface area contributed by atoms with Crippen molar-refractivity contribution in [1.82, 2.24) is 10.5 Å². The number of hydrogen-bond acceptors (Lipinski definition) is 4. The SMILES string of the molecule is O=C(NC(=O)c1c(Cl)cccc1Cl)Nc1cc(-c2cccc(C(F)(F)F)c2)no1. The number of rotatable bonds is 3. The lowest BCUT2D eigenvalue weighted by atomic mass is 10.1. The van der Waals surface area contributed by atoms with E-state index in [1.807, 2.05) is 5.32 Å². The molecule has 6 nitrogen and oxygen atoms in total. The number of carbonyl (C=O) groups excluding carboxylic acids is 2. The lowest BCUT2D eigenvalue weighted by molar-refractivity contribution is -0.137. The Balaban J connectivity index is 1.70. The monoisotopic (exact) mass is 443 g/mol. The number of nitrogens with zero attached hydrogens (tertiary/aromatic N) is 1. The van der Waals surface area contributed by atoms with Gasteiger partial charge in [-0.25, -0.2) is 4.79 Å². The van der Waals surface area contributed by atoms with E-state index in [4.69, 9.17) is 27.7 Å². The number of amides is 3. The van der Waals surface area contributed by atoms with Crippen molar-refractivity contribution in [1.29, 1.82) is 0 Å². The van der Waals surface area contributed by atoms with Crippen molar-refractivity contribution in [3.8, 4) is 11.3 Å². The maximum Gasteiger partial charge on any atom is 0.416 e. The Morgan fingerprint density at radius 3 is 2.31 bits per heavy atom. The summed E-state index contributed by atoms with van der Waals surface area (Å²) in [4.78, 5) is 24.1. The molecule has 0 unspecified atom stereocenters. The Bertz CT molecular complexity index is 1060. The normalized spacial score (nSPS) is 11.2. The maximum absolute atomic E-state index is 12.8. The number of anilines is 1. The van der Waals surface area contributed by atoms with E-state index in [2.05, 4.69) is 10.5 Å². The molecule has 0 bridgehead atoms. The van der Waals surface area contributed by atoms with Crippen molar-refractivity contribution in [3.63, 3.8) is 0 Å². The molecule has 3 rings (SSSR count). The van der Waals surface area contributed by atoms with Crippen molar-refractivity contribution in [2.24, 2.45) is 0 Å². The average molecular weight is 444 g/mol. The van der Waals surface area contributed by atoms with Gasteiger partial charge in [0.15, 0.2) is 0 Å². The number of benzene rings is 2. The Hall–Kier alpha value is -3.04. The third-order valence-electron chi connectivity index (χ3n) is 3.65. The molecule has 3 aromatic rings. The molecule has 0 atom stereocenters. The number of aromatic nitrogens is 1. The summed E-state index contributed by atoms with van der Waals surface area (Å²) >= 11 is 11.8. The standard InChI is InChI=1S/C18H10Cl2F3N3O3/c19-11-5-2-6-12(20)15(11)16(27)25-17(28)24-14-8-13(26-29-14)9-3-1-4-10(7-9)18(21,22)23/h1-8H,(H2,24,25,27,28). The Morgan fingerprint density at radius 1 is 1.00 bits per heavy atom. The van der Waals surface area contributed by atoms with Crippen LogP contribution in [0.2, 0.25) is 10.0 Å². The number of halogens is 5. The fourth-order valence-electron chi connectivity index (χ4n) is 2.35. The van der Waals surface area contributed by atoms with Gasteiger partial charge in [0.2, 0.25) is 5.88 Å². The van der Waals surface area contributed by atoms with E-state index in [1.165, 1.54) is 36.4 Å². The third kappa shape index (κ3) is 4.87. The minimum Gasteiger partial charge on any atom is -0.338 e. The number of urea groups is 1. The van der Waals surface area contributed by atoms with Gasteiger partial charge in [0.25, 0.3) is 5.91 Å². The first-order valence-corrected chi connectivity index (χ1v) is 8.61. The fraction of sp³-hybridized carbons (Fsp3) is 0.0556. The lowest BCUT2D eigenvalue weighted by Gasteiger charge is -2.07. The summed E-state index contributed by atoms with van der Waals surface area (Å²) in [6.07, 6.45) is -4.51. The molecule has 2 N–H and O–H groups in total. The van der Waals surface area contributed by atoms with Gasteiger partial charge in [-0.3, -0.25) is 15.4 Å². The van der Waals surface area contributed by atoms with E-state index in [0.29, 0.717) is 0 Å². The van der Waals surface area contributed by atoms with Crippen molar-refractivity contribution in [2.75, 3.05) is 5.32 Å². The predicted octanol–water partition coefficient (Wildman–Crippen LogP) is 5.63. The van der Waals surface area contributed by atoms with Gasteiger partial charge >= 0.3 is 12.2 Å². The van der Waals surface area contributed by atoms with E-state index in [0.717, 1.165) is 12.1 Å². The molecule has 0 spiro atoms. The molecule has 0 fully saturated rings. The fourth-order valence-corrected chi connectivity index (χ4v) is 2.92. The van der Waals surface area contributed by atoms with Gasteiger partial charge in [0, 0.05) is 11.6 Å². The quantitative estimate of drug-likeness (QED) is 0.549. The summed E-state index contributed by atoms with van der Waals surface area (Å²) in [7, 11) is 0. The average Bonchev–Trinajstić information content (AvgIpc) is 3.09. The second-order valence-electron chi connectivity index (χ2n) is 5.66. The molecule has 29 heavy (non-hydrogen) atoms. The minimum absolute atomic E-state index is 0.0503. The summed E-state index contributed by atoms with van der Waals surface area (Å²) < 4.78 is 43.3. The largest absolute Gasteiger partial charge is 0.416 e. The van der Waals surface area contributed by atoms with E-state index in [1.54, 1.807) is 0 Å². The van der Waals surface area contributed by atoms with Crippen LogP contribution in [0.4, 0.5) is 23.8 Å². The highest BCUT2D eigenvalue weighted by molar-refractivity contribution is 6.40. The smallest absolute Gasteiger partial charge is 0.338 e. The van der Waals surface area contributed by atoms with Crippen LogP contribution >= 0.6 is 23.2 Å². The van der Waals surface area contributed by atoms with Crippen molar-refractivity contribution < 1.29 is 27.3 Å². The molecule has 11 heteroatoms.